The molecule has 1 aliphatic carbocycles. The summed E-state index contributed by atoms with van der Waals surface area (Å²) in [5, 5.41) is 0.666. The van der Waals surface area contributed by atoms with Crippen LogP contribution in [0.4, 0.5) is 0 Å². The number of thioether (sulfide) groups is 1. The van der Waals surface area contributed by atoms with Gasteiger partial charge in [-0.15, -0.1) is 11.8 Å². The number of ether oxygens (including phenoxy) is 2. The molecular weight excluding hydrogens is 420 g/mol. The van der Waals surface area contributed by atoms with Gasteiger partial charge in [0.05, 0.1) is 0 Å². The number of carbonyl (C=O) groups excluding carboxylic acids is 2. The molecular formula is C24H21ClO4S. The van der Waals surface area contributed by atoms with Gasteiger partial charge in [0.15, 0.2) is 0 Å². The van der Waals surface area contributed by atoms with Gasteiger partial charge >= 0.3 is 11.9 Å². The molecule has 154 valence electrons. The summed E-state index contributed by atoms with van der Waals surface area (Å²) >= 11 is 7.45. The minimum absolute atomic E-state index is 0.0573. The van der Waals surface area contributed by atoms with Crippen molar-refractivity contribution in [2.75, 3.05) is 0 Å². The van der Waals surface area contributed by atoms with Crippen molar-refractivity contribution in [2.24, 2.45) is 5.92 Å². The molecule has 2 saturated heterocycles. The van der Waals surface area contributed by atoms with Crippen molar-refractivity contribution < 1.29 is 19.1 Å². The average Bonchev–Trinajstić information content (AvgIpc) is 3.32. The van der Waals surface area contributed by atoms with E-state index in [9.17, 15) is 9.59 Å². The van der Waals surface area contributed by atoms with Gasteiger partial charge in [0, 0.05) is 34.3 Å². The lowest BCUT2D eigenvalue weighted by atomic mass is 9.94. The van der Waals surface area contributed by atoms with E-state index >= 15 is 0 Å². The van der Waals surface area contributed by atoms with E-state index in [-0.39, 0.29) is 30.1 Å². The molecule has 4 nitrogen and oxygen atoms in total. The molecule has 0 bridgehead atoms. The number of hydrogen-bond acceptors (Lipinski definition) is 5. The molecule has 0 radical (unpaired) electrons. The van der Waals surface area contributed by atoms with Crippen molar-refractivity contribution in [3.05, 3.63) is 76.3 Å². The molecule has 2 aromatic rings. The number of esters is 2. The first-order chi connectivity index (χ1) is 14.4. The zero-order valence-corrected chi connectivity index (χ0v) is 18.0. The maximum absolute atomic E-state index is 12.6. The van der Waals surface area contributed by atoms with Gasteiger partial charge in [-0.05, 0) is 48.7 Å². The van der Waals surface area contributed by atoms with Crippen LogP contribution in [-0.2, 0) is 25.5 Å². The van der Waals surface area contributed by atoms with Crippen LogP contribution in [0.5, 0.6) is 0 Å². The van der Waals surface area contributed by atoms with Crippen LogP contribution < -0.4 is 0 Å². The van der Waals surface area contributed by atoms with E-state index in [0.717, 1.165) is 16.9 Å². The van der Waals surface area contributed by atoms with Crippen molar-refractivity contribution in [3.63, 3.8) is 0 Å². The normalized spacial score (nSPS) is 30.9. The fourth-order valence-corrected chi connectivity index (χ4v) is 5.94. The molecule has 30 heavy (non-hydrogen) atoms. The van der Waals surface area contributed by atoms with Gasteiger partial charge in [-0.25, -0.2) is 4.79 Å². The van der Waals surface area contributed by atoms with Gasteiger partial charge in [0.2, 0.25) is 0 Å². The summed E-state index contributed by atoms with van der Waals surface area (Å²) < 4.78 is 10.7. The lowest BCUT2D eigenvalue weighted by Gasteiger charge is -2.18. The lowest BCUT2D eigenvalue weighted by molar-refractivity contribution is -0.142. The van der Waals surface area contributed by atoms with Crippen molar-refractivity contribution in [1.82, 2.24) is 0 Å². The van der Waals surface area contributed by atoms with Gasteiger partial charge < -0.3 is 9.47 Å². The molecule has 0 saturated carbocycles. The first-order valence-corrected chi connectivity index (χ1v) is 11.3. The second-order valence-corrected chi connectivity index (χ2v) is 10.3. The second-order valence-electron chi connectivity index (χ2n) is 8.25. The molecule has 0 spiro atoms. The Labute approximate surface area is 184 Å². The third-order valence-electron chi connectivity index (χ3n) is 6.12. The Morgan fingerprint density at radius 3 is 2.70 bits per heavy atom. The van der Waals surface area contributed by atoms with Gasteiger partial charge in [0.25, 0.3) is 0 Å². The average molecular weight is 441 g/mol. The molecule has 5 rings (SSSR count). The van der Waals surface area contributed by atoms with Gasteiger partial charge in [-0.1, -0.05) is 41.9 Å². The van der Waals surface area contributed by atoms with Crippen LogP contribution in [0.2, 0.25) is 5.02 Å². The summed E-state index contributed by atoms with van der Waals surface area (Å²) in [6.45, 7) is 1.91. The van der Waals surface area contributed by atoms with E-state index < -0.39 is 4.75 Å². The minimum Gasteiger partial charge on any atom is -0.461 e. The van der Waals surface area contributed by atoms with E-state index in [1.165, 1.54) is 17.3 Å². The molecule has 4 atom stereocenters. The van der Waals surface area contributed by atoms with Crippen LogP contribution in [-0.4, -0.2) is 22.8 Å². The van der Waals surface area contributed by atoms with Crippen LogP contribution in [0.3, 0.4) is 0 Å². The maximum atomic E-state index is 12.6. The quantitative estimate of drug-likeness (QED) is 0.477. The Hall–Kier alpha value is -2.24. The second kappa shape index (κ2) is 7.47. The van der Waals surface area contributed by atoms with Crippen molar-refractivity contribution in [3.8, 4) is 0 Å². The predicted octanol–water partition coefficient (Wildman–Crippen LogP) is 5.29. The summed E-state index contributed by atoms with van der Waals surface area (Å²) in [6.07, 6.45) is 3.42. The monoisotopic (exact) mass is 440 g/mol. The molecule has 6 heteroatoms. The van der Waals surface area contributed by atoms with Gasteiger partial charge in [-0.2, -0.15) is 0 Å². The third-order valence-corrected chi connectivity index (χ3v) is 7.66. The highest BCUT2D eigenvalue weighted by atomic mass is 35.5. The molecule has 2 heterocycles. The molecule has 2 aliphatic heterocycles. The Balaban J connectivity index is 1.28. The Morgan fingerprint density at radius 2 is 1.90 bits per heavy atom. The van der Waals surface area contributed by atoms with Gasteiger partial charge in [0.1, 0.15) is 17.0 Å². The maximum Gasteiger partial charge on any atom is 0.334 e. The molecule has 4 unspecified atom stereocenters. The van der Waals surface area contributed by atoms with Crippen LogP contribution in [0.15, 0.2) is 65.1 Å². The summed E-state index contributed by atoms with van der Waals surface area (Å²) in [7, 11) is 0. The fraction of sp³-hybridized carbons (Fsp3) is 0.333. The van der Waals surface area contributed by atoms with E-state index in [1.54, 1.807) is 0 Å². The largest absolute Gasteiger partial charge is 0.461 e. The smallest absolute Gasteiger partial charge is 0.334 e. The predicted molar refractivity (Wildman–Crippen MR) is 115 cm³/mol. The molecule has 2 aromatic carbocycles. The molecule has 0 aromatic heterocycles. The highest BCUT2D eigenvalue weighted by Gasteiger charge is 2.48. The highest BCUT2D eigenvalue weighted by Crippen LogP contribution is 2.48. The minimum atomic E-state index is -0.653. The number of cyclic esters (lactones) is 1. The van der Waals surface area contributed by atoms with Crippen molar-refractivity contribution in [1.29, 1.82) is 0 Å². The van der Waals surface area contributed by atoms with E-state index in [4.69, 9.17) is 21.1 Å². The summed E-state index contributed by atoms with van der Waals surface area (Å²) in [5.74, 6) is -0.407. The van der Waals surface area contributed by atoms with E-state index in [2.05, 4.69) is 6.07 Å². The summed E-state index contributed by atoms with van der Waals surface area (Å²) in [4.78, 5) is 26.0. The number of rotatable bonds is 4. The fourth-order valence-electron chi connectivity index (χ4n) is 4.62. The Bertz CT molecular complexity index is 1050. The van der Waals surface area contributed by atoms with E-state index in [0.29, 0.717) is 23.4 Å². The zero-order valence-electron chi connectivity index (χ0n) is 16.5. The lowest BCUT2D eigenvalue weighted by Crippen LogP contribution is -2.25. The molecule has 2 fully saturated rings. The van der Waals surface area contributed by atoms with Gasteiger partial charge in [-0.3, -0.25) is 4.79 Å². The number of fused-ring (bicyclic) bond motifs is 3. The first-order valence-electron chi connectivity index (χ1n) is 10.1. The molecule has 0 N–H and O–H groups in total. The topological polar surface area (TPSA) is 52.6 Å². The van der Waals surface area contributed by atoms with Crippen LogP contribution in [0.1, 0.15) is 37.0 Å². The zero-order chi connectivity index (χ0) is 20.9. The highest BCUT2D eigenvalue weighted by molar-refractivity contribution is 8.01. The summed E-state index contributed by atoms with van der Waals surface area (Å²) in [5.41, 5.74) is 3.06. The summed E-state index contributed by atoms with van der Waals surface area (Å²) in [6, 6.07) is 15.6. The number of halogens is 1. The number of hydrogen-bond donors (Lipinski definition) is 0. The molecule has 3 aliphatic rings. The third kappa shape index (κ3) is 3.44. The standard InChI is InChI=1S/C24H21ClO4S/c1-24(30-17-9-6-15(25)7-10-17)13-16(28-23(24)27)8-11-19-20-12-14-4-2-3-5-18(14)21(20)29-22(19)26/h2-7,9-11,16,20-21H,8,12-13H2,1H3/b19-11+. The Kier molecular flexibility index (Phi) is 4.91. The molecule has 0 amide bonds. The van der Waals surface area contributed by atoms with Crippen LogP contribution in [0, 0.1) is 5.92 Å². The van der Waals surface area contributed by atoms with Crippen LogP contribution >= 0.6 is 23.4 Å². The Morgan fingerprint density at radius 1 is 1.13 bits per heavy atom. The first kappa shape index (κ1) is 19.7. The van der Waals surface area contributed by atoms with Crippen molar-refractivity contribution >= 4 is 35.3 Å². The van der Waals surface area contributed by atoms with Crippen LogP contribution in [0.25, 0.3) is 0 Å². The number of carbonyl (C=O) groups is 2. The van der Waals surface area contributed by atoms with Crippen molar-refractivity contribution in [2.45, 2.75) is 48.0 Å². The SMILES string of the molecule is CC1(Sc2ccc(Cl)cc2)CC(C/C=C2/C(=O)OC3c4ccccc4CC23)OC1=O. The van der Waals surface area contributed by atoms with E-state index in [1.807, 2.05) is 55.5 Å². The number of benzene rings is 2.